The molecule has 0 rings (SSSR count). The Hall–Kier alpha value is -1.04. The zero-order valence-corrected chi connectivity index (χ0v) is 15.1. The van der Waals surface area contributed by atoms with Crippen molar-refractivity contribution >= 4 is 10.1 Å². The quantitative estimate of drug-likeness (QED) is 0.422. The van der Waals surface area contributed by atoms with Crippen LogP contribution >= 0.6 is 0 Å². The molecule has 0 saturated heterocycles. The molecule has 0 radical (unpaired) electrons. The molecule has 0 heterocycles. The monoisotopic (exact) mass is 487 g/mol. The van der Waals surface area contributed by atoms with E-state index in [0.29, 0.717) is 0 Å². The Labute approximate surface area is 155 Å². The third-order valence-electron chi connectivity index (χ3n) is 2.88. The molecule has 4 nitrogen and oxygen atoms in total. The first-order valence-electron chi connectivity index (χ1n) is 7.02. The van der Waals surface area contributed by atoms with Crippen LogP contribution in [0, 0.1) is 0 Å². The Balaban J connectivity index is 0. The van der Waals surface area contributed by atoms with Gasteiger partial charge in [0.1, 0.15) is 0 Å². The van der Waals surface area contributed by atoms with Crippen LogP contribution in [0.25, 0.3) is 0 Å². The molecule has 0 aromatic rings. The lowest BCUT2D eigenvalue weighted by molar-refractivity contribution is -0.597. The van der Waals surface area contributed by atoms with Gasteiger partial charge in [-0.1, -0.05) is 0 Å². The van der Waals surface area contributed by atoms with Gasteiger partial charge >= 0.3 is 35.1 Å². The zero-order chi connectivity index (χ0) is 24.3. The predicted octanol–water partition coefficient (Wildman–Crippen LogP) is 3.21. The van der Waals surface area contributed by atoms with Gasteiger partial charge in [-0.15, -0.1) is 0 Å². The van der Waals surface area contributed by atoms with E-state index >= 15 is 0 Å². The topological polar surface area (TPSA) is 73.8 Å². The van der Waals surface area contributed by atoms with Crippen molar-refractivity contribution in [1.82, 2.24) is 0 Å². The number of hydrogen-bond acceptors (Lipinski definition) is 3. The minimum Gasteiger partial charge on any atom is -0.743 e. The van der Waals surface area contributed by atoms with Crippen LogP contribution in [0.1, 0.15) is 19.3 Å². The number of rotatable bonds is 8. The number of halogens is 13. The maximum absolute atomic E-state index is 13.1. The fourth-order valence-corrected chi connectivity index (χ4v) is 1.88. The highest BCUT2D eigenvalue weighted by atomic mass is 32.2. The van der Waals surface area contributed by atoms with Crippen LogP contribution in [-0.2, 0) is 10.1 Å². The zero-order valence-electron chi connectivity index (χ0n) is 14.2. The molecule has 0 aromatic carbocycles. The lowest BCUT2D eigenvalue weighted by atomic mass is 9.95. The number of hydrogen-bond donors (Lipinski definition) is 1. The number of alkyl halides is 13. The molecule has 0 spiro atoms. The van der Waals surface area contributed by atoms with Crippen LogP contribution in [0.5, 0.6) is 0 Å². The summed E-state index contributed by atoms with van der Waals surface area (Å²) >= 11 is 0. The Kier molecular flexibility index (Phi) is 9.35. The molecule has 0 aromatic heterocycles. The average molecular weight is 487 g/mol. The Morgan fingerprint density at radius 3 is 1.31 bits per heavy atom. The van der Waals surface area contributed by atoms with Crippen molar-refractivity contribution in [3.05, 3.63) is 0 Å². The fourth-order valence-electron chi connectivity index (χ4n) is 1.43. The molecular formula is C11H14F13NO3S. The first kappa shape index (κ1) is 30.2. The van der Waals surface area contributed by atoms with Gasteiger partial charge in [-0.2, -0.15) is 57.1 Å². The summed E-state index contributed by atoms with van der Waals surface area (Å²) < 4.78 is 195. The molecule has 2 N–H and O–H groups in total. The van der Waals surface area contributed by atoms with Crippen molar-refractivity contribution in [2.24, 2.45) is 0 Å². The summed E-state index contributed by atoms with van der Waals surface area (Å²) in [6.07, 6.45) is -12.2. The lowest BCUT2D eigenvalue weighted by Crippen LogP contribution is -2.74. The summed E-state index contributed by atoms with van der Waals surface area (Å²) in [4.78, 5) is 0. The molecule has 178 valence electrons. The number of nitrogens with two attached hydrogens (primary N) is 1. The molecule has 18 heteroatoms. The van der Waals surface area contributed by atoms with Gasteiger partial charge in [0.25, 0.3) is 0 Å². The van der Waals surface area contributed by atoms with Gasteiger partial charge in [-0.25, -0.2) is 8.42 Å². The second-order valence-electron chi connectivity index (χ2n) is 5.44. The summed E-state index contributed by atoms with van der Waals surface area (Å²) in [6.45, 7) is 0. The van der Waals surface area contributed by atoms with Gasteiger partial charge in [0.15, 0.2) is 10.1 Å². The lowest BCUT2D eigenvalue weighted by Gasteiger charge is -2.39. The van der Waals surface area contributed by atoms with E-state index in [0.717, 1.165) is 0 Å². The second kappa shape index (κ2) is 8.99. The molecule has 0 aliphatic heterocycles. The summed E-state index contributed by atoms with van der Waals surface area (Å²) in [5.74, 6) is -29.5. The summed E-state index contributed by atoms with van der Waals surface area (Å²) in [5, 5.41) is -5.44. The second-order valence-corrected chi connectivity index (χ2v) is 6.87. The molecule has 0 atom stereocenters. The van der Waals surface area contributed by atoms with Crippen molar-refractivity contribution < 1.29 is 75.4 Å². The summed E-state index contributed by atoms with van der Waals surface area (Å²) in [5.41, 5.74) is 0. The average Bonchev–Trinajstić information content (AvgIpc) is 2.44. The molecule has 0 unspecified atom stereocenters. The summed E-state index contributed by atoms with van der Waals surface area (Å²) in [6, 6.07) is 0. The van der Waals surface area contributed by atoms with Crippen molar-refractivity contribution in [2.45, 2.75) is 54.4 Å². The molecule has 0 aliphatic carbocycles. The van der Waals surface area contributed by atoms with E-state index in [4.69, 9.17) is 0 Å². The Bertz CT molecular complexity index is 630. The SMILES string of the molecule is C[NH2+]C.O=S(=O)([O-])C(F)(F)C(F)(F)C(F)(F)C(F)(F)C(F)(F)CCCC(F)(F)F. The molecule has 29 heavy (non-hydrogen) atoms. The van der Waals surface area contributed by atoms with E-state index in [1.165, 1.54) is 0 Å². The fraction of sp³-hybridized carbons (Fsp3) is 1.00. The molecule has 0 saturated carbocycles. The minimum atomic E-state index is -7.83. The molecule has 0 amide bonds. The van der Waals surface area contributed by atoms with Gasteiger partial charge in [0.2, 0.25) is 0 Å². The predicted molar refractivity (Wildman–Crippen MR) is 68.1 cm³/mol. The molecule has 0 aliphatic rings. The van der Waals surface area contributed by atoms with Crippen LogP contribution in [0.15, 0.2) is 0 Å². The van der Waals surface area contributed by atoms with E-state index in [-0.39, 0.29) is 0 Å². The first-order valence-corrected chi connectivity index (χ1v) is 8.43. The van der Waals surface area contributed by atoms with Crippen LogP contribution < -0.4 is 5.32 Å². The van der Waals surface area contributed by atoms with Gasteiger partial charge in [0, 0.05) is 12.8 Å². The van der Waals surface area contributed by atoms with Crippen molar-refractivity contribution in [3.63, 3.8) is 0 Å². The third-order valence-corrected chi connectivity index (χ3v) is 3.76. The van der Waals surface area contributed by atoms with E-state index < -0.39 is 64.5 Å². The van der Waals surface area contributed by atoms with Gasteiger partial charge in [-0.3, -0.25) is 0 Å². The van der Waals surface area contributed by atoms with Crippen LogP contribution in [-0.4, -0.2) is 62.2 Å². The van der Waals surface area contributed by atoms with Crippen LogP contribution in [0.2, 0.25) is 0 Å². The van der Waals surface area contributed by atoms with E-state index in [1.54, 1.807) is 0 Å². The largest absolute Gasteiger partial charge is 0.743 e. The van der Waals surface area contributed by atoms with Crippen molar-refractivity contribution in [3.8, 4) is 0 Å². The van der Waals surface area contributed by atoms with Crippen molar-refractivity contribution in [2.75, 3.05) is 14.1 Å². The van der Waals surface area contributed by atoms with Crippen molar-refractivity contribution in [1.29, 1.82) is 0 Å². The van der Waals surface area contributed by atoms with Gasteiger partial charge in [0.05, 0.1) is 14.1 Å². The van der Waals surface area contributed by atoms with Gasteiger partial charge in [-0.05, 0) is 6.42 Å². The summed E-state index contributed by atoms with van der Waals surface area (Å²) in [7, 11) is -3.73. The smallest absolute Gasteiger partial charge is 0.402 e. The molecule has 0 fully saturated rings. The first-order chi connectivity index (χ1) is 12.4. The maximum atomic E-state index is 13.1. The van der Waals surface area contributed by atoms with Crippen LogP contribution in [0.3, 0.4) is 0 Å². The third kappa shape index (κ3) is 6.22. The highest BCUT2D eigenvalue weighted by Crippen LogP contribution is 2.58. The maximum Gasteiger partial charge on any atom is 0.402 e. The Morgan fingerprint density at radius 1 is 0.690 bits per heavy atom. The normalized spacial score (nSPS) is 15.0. The van der Waals surface area contributed by atoms with E-state index in [2.05, 4.69) is 0 Å². The molecule has 0 bridgehead atoms. The number of quaternary nitrogens is 1. The van der Waals surface area contributed by atoms with Crippen LogP contribution in [0.4, 0.5) is 57.1 Å². The highest BCUT2D eigenvalue weighted by molar-refractivity contribution is 7.86. The molecular weight excluding hydrogens is 473 g/mol. The van der Waals surface area contributed by atoms with E-state index in [9.17, 15) is 70.0 Å². The minimum absolute atomic E-state index is 1.98. The Morgan fingerprint density at radius 2 is 1.03 bits per heavy atom. The van der Waals surface area contributed by atoms with Gasteiger partial charge < -0.3 is 9.87 Å². The van der Waals surface area contributed by atoms with E-state index in [1.807, 2.05) is 19.4 Å². The standard InChI is InChI=1S/C9H7F13O3S.C2H7N/c10-4(11,2-1-3-5(12,13)14)6(15,16)7(17,18)8(19,20)9(21,22)26(23,24)25;1-3-2/h1-3H2,(H,23,24,25);3H,1-2H3. The highest BCUT2D eigenvalue weighted by Gasteiger charge is 2.87.